The number of hydrogen-bond acceptors (Lipinski definition) is 4. The molecule has 0 saturated carbocycles. The Morgan fingerprint density at radius 1 is 1.00 bits per heavy atom. The van der Waals surface area contributed by atoms with Gasteiger partial charge in [-0.05, 0) is 55.7 Å². The van der Waals surface area contributed by atoms with Crippen LogP contribution in [-0.4, -0.2) is 15.9 Å². The molecule has 0 bridgehead atoms. The molecule has 1 amide bonds. The van der Waals surface area contributed by atoms with E-state index < -0.39 is 0 Å². The zero-order valence-electron chi connectivity index (χ0n) is 15.2. The Morgan fingerprint density at radius 3 is 2.38 bits per heavy atom. The number of carbonyl (C=O) groups is 1. The fourth-order valence-electron chi connectivity index (χ4n) is 2.82. The minimum absolute atomic E-state index is 0.102. The van der Waals surface area contributed by atoms with Crippen molar-refractivity contribution in [1.29, 1.82) is 0 Å². The van der Waals surface area contributed by atoms with Crippen molar-refractivity contribution >= 4 is 17.5 Å². The Labute approximate surface area is 153 Å². The molecule has 132 valence electrons. The molecule has 0 aliphatic heterocycles. The maximum absolute atomic E-state index is 12.5. The van der Waals surface area contributed by atoms with Crippen LogP contribution in [-0.2, 0) is 0 Å². The summed E-state index contributed by atoms with van der Waals surface area (Å²) in [6.07, 6.45) is 1.58. The molecule has 3 aromatic rings. The lowest BCUT2D eigenvalue weighted by Gasteiger charge is -2.14. The SMILES string of the molecule is Cc1cc(C)cc(Nc2nccc(C(=O)NC(C)c3ccccc3)n2)c1. The predicted octanol–water partition coefficient (Wildman–Crippen LogP) is 4.33. The highest BCUT2D eigenvalue weighted by Crippen LogP contribution is 2.17. The number of carbonyl (C=O) groups excluding carboxylic acids is 1. The van der Waals surface area contributed by atoms with Gasteiger partial charge >= 0.3 is 0 Å². The van der Waals surface area contributed by atoms with E-state index in [1.54, 1.807) is 12.3 Å². The number of rotatable bonds is 5. The topological polar surface area (TPSA) is 66.9 Å². The average molecular weight is 346 g/mol. The Morgan fingerprint density at radius 2 is 1.69 bits per heavy atom. The molecule has 1 atom stereocenters. The van der Waals surface area contributed by atoms with Gasteiger partial charge in [0, 0.05) is 11.9 Å². The smallest absolute Gasteiger partial charge is 0.270 e. The van der Waals surface area contributed by atoms with Crippen molar-refractivity contribution in [1.82, 2.24) is 15.3 Å². The second-order valence-corrected chi connectivity index (χ2v) is 6.37. The first-order valence-electron chi connectivity index (χ1n) is 8.55. The van der Waals surface area contributed by atoms with Crippen LogP contribution >= 0.6 is 0 Å². The Bertz CT molecular complexity index is 889. The van der Waals surface area contributed by atoms with E-state index in [0.717, 1.165) is 22.4 Å². The van der Waals surface area contributed by atoms with E-state index in [1.165, 1.54) is 0 Å². The number of aromatic nitrogens is 2. The van der Waals surface area contributed by atoms with Crippen molar-refractivity contribution in [3.05, 3.63) is 83.2 Å². The van der Waals surface area contributed by atoms with E-state index in [9.17, 15) is 4.79 Å². The Hall–Kier alpha value is -3.21. The van der Waals surface area contributed by atoms with E-state index in [0.29, 0.717) is 11.6 Å². The number of amides is 1. The van der Waals surface area contributed by atoms with Gasteiger partial charge < -0.3 is 10.6 Å². The summed E-state index contributed by atoms with van der Waals surface area (Å²) in [5.74, 6) is 0.169. The van der Waals surface area contributed by atoms with Crippen molar-refractivity contribution in [2.75, 3.05) is 5.32 Å². The lowest BCUT2D eigenvalue weighted by molar-refractivity contribution is 0.0935. The lowest BCUT2D eigenvalue weighted by atomic mass is 10.1. The Balaban J connectivity index is 1.73. The molecule has 0 spiro atoms. The molecular formula is C21H22N4O. The van der Waals surface area contributed by atoms with Crippen LogP contribution in [0, 0.1) is 13.8 Å². The van der Waals surface area contributed by atoms with E-state index in [4.69, 9.17) is 0 Å². The third kappa shape index (κ3) is 4.45. The van der Waals surface area contributed by atoms with Crippen LogP contribution in [0.5, 0.6) is 0 Å². The molecule has 0 fully saturated rings. The molecule has 1 heterocycles. The van der Waals surface area contributed by atoms with Crippen LogP contribution in [0.4, 0.5) is 11.6 Å². The van der Waals surface area contributed by atoms with Gasteiger partial charge in [-0.1, -0.05) is 36.4 Å². The first kappa shape index (κ1) is 17.6. The zero-order chi connectivity index (χ0) is 18.5. The number of anilines is 2. The third-order valence-corrected chi connectivity index (χ3v) is 4.01. The molecule has 26 heavy (non-hydrogen) atoms. The maximum atomic E-state index is 12.5. The molecule has 1 aromatic heterocycles. The van der Waals surface area contributed by atoms with Gasteiger partial charge in [-0.3, -0.25) is 4.79 Å². The van der Waals surface area contributed by atoms with E-state index in [2.05, 4.69) is 26.7 Å². The summed E-state index contributed by atoms with van der Waals surface area (Å²) in [6, 6.07) is 17.5. The van der Waals surface area contributed by atoms with E-state index in [1.807, 2.05) is 63.2 Å². The van der Waals surface area contributed by atoms with Crippen LogP contribution < -0.4 is 10.6 Å². The summed E-state index contributed by atoms with van der Waals surface area (Å²) in [7, 11) is 0. The van der Waals surface area contributed by atoms with Gasteiger partial charge in [0.2, 0.25) is 5.95 Å². The largest absolute Gasteiger partial charge is 0.344 e. The van der Waals surface area contributed by atoms with E-state index >= 15 is 0 Å². The number of aryl methyl sites for hydroxylation is 2. The number of hydrogen-bond donors (Lipinski definition) is 2. The van der Waals surface area contributed by atoms with Gasteiger partial charge in [0.25, 0.3) is 5.91 Å². The molecule has 0 saturated heterocycles. The fraction of sp³-hybridized carbons (Fsp3) is 0.190. The summed E-state index contributed by atoms with van der Waals surface area (Å²) < 4.78 is 0. The molecule has 5 nitrogen and oxygen atoms in total. The van der Waals surface area contributed by atoms with Crippen LogP contribution in [0.15, 0.2) is 60.8 Å². The van der Waals surface area contributed by atoms with Crippen molar-refractivity contribution in [2.45, 2.75) is 26.8 Å². The lowest BCUT2D eigenvalue weighted by Crippen LogP contribution is -2.27. The van der Waals surface area contributed by atoms with Crippen LogP contribution in [0.25, 0.3) is 0 Å². The minimum Gasteiger partial charge on any atom is -0.344 e. The summed E-state index contributed by atoms with van der Waals surface area (Å²) in [5.41, 5.74) is 4.58. The maximum Gasteiger partial charge on any atom is 0.270 e. The number of benzene rings is 2. The molecule has 0 aliphatic carbocycles. The first-order valence-corrected chi connectivity index (χ1v) is 8.55. The first-order chi connectivity index (χ1) is 12.5. The van der Waals surface area contributed by atoms with Gasteiger partial charge in [-0.25, -0.2) is 9.97 Å². The van der Waals surface area contributed by atoms with Gasteiger partial charge in [0.05, 0.1) is 6.04 Å². The standard InChI is InChI=1S/C21H22N4O/c1-14-11-15(2)13-18(12-14)24-21-22-10-9-19(25-21)20(26)23-16(3)17-7-5-4-6-8-17/h4-13,16H,1-3H3,(H,23,26)(H,22,24,25). The molecule has 3 rings (SSSR count). The highest BCUT2D eigenvalue weighted by atomic mass is 16.1. The fourth-order valence-corrected chi connectivity index (χ4v) is 2.82. The monoisotopic (exact) mass is 346 g/mol. The van der Waals surface area contributed by atoms with Crippen LogP contribution in [0.1, 0.15) is 40.1 Å². The highest BCUT2D eigenvalue weighted by Gasteiger charge is 2.13. The Kier molecular flexibility index (Phi) is 5.27. The zero-order valence-corrected chi connectivity index (χ0v) is 15.2. The summed E-state index contributed by atoms with van der Waals surface area (Å²) in [6.45, 7) is 6.02. The van der Waals surface area contributed by atoms with Crippen molar-refractivity contribution in [2.24, 2.45) is 0 Å². The third-order valence-electron chi connectivity index (χ3n) is 4.01. The van der Waals surface area contributed by atoms with Crippen LogP contribution in [0.2, 0.25) is 0 Å². The van der Waals surface area contributed by atoms with Gasteiger partial charge in [0.1, 0.15) is 5.69 Å². The molecule has 0 aliphatic rings. The molecule has 2 N–H and O–H groups in total. The van der Waals surface area contributed by atoms with Crippen molar-refractivity contribution < 1.29 is 4.79 Å². The minimum atomic E-state index is -0.229. The molecule has 2 aromatic carbocycles. The van der Waals surface area contributed by atoms with E-state index in [-0.39, 0.29) is 11.9 Å². The molecule has 5 heteroatoms. The predicted molar refractivity (Wildman–Crippen MR) is 104 cm³/mol. The molecule has 1 unspecified atom stereocenters. The normalized spacial score (nSPS) is 11.7. The van der Waals surface area contributed by atoms with Gasteiger partial charge in [0.15, 0.2) is 0 Å². The molecule has 0 radical (unpaired) electrons. The average Bonchev–Trinajstić information content (AvgIpc) is 2.61. The van der Waals surface area contributed by atoms with Crippen molar-refractivity contribution in [3.63, 3.8) is 0 Å². The number of nitrogens with zero attached hydrogens (tertiary/aromatic N) is 2. The van der Waals surface area contributed by atoms with Crippen LogP contribution in [0.3, 0.4) is 0 Å². The number of nitrogens with one attached hydrogen (secondary N) is 2. The second kappa shape index (κ2) is 7.78. The van der Waals surface area contributed by atoms with Crippen molar-refractivity contribution in [3.8, 4) is 0 Å². The summed E-state index contributed by atoms with van der Waals surface area (Å²) in [4.78, 5) is 21.1. The highest BCUT2D eigenvalue weighted by molar-refractivity contribution is 5.92. The molecular weight excluding hydrogens is 324 g/mol. The van der Waals surface area contributed by atoms with Gasteiger partial charge in [-0.15, -0.1) is 0 Å². The second-order valence-electron chi connectivity index (χ2n) is 6.37. The van der Waals surface area contributed by atoms with Gasteiger partial charge in [-0.2, -0.15) is 0 Å². The quantitative estimate of drug-likeness (QED) is 0.722. The summed E-state index contributed by atoms with van der Waals surface area (Å²) in [5, 5.41) is 6.13. The summed E-state index contributed by atoms with van der Waals surface area (Å²) >= 11 is 0.